The molecule has 0 fully saturated rings. The van der Waals surface area contributed by atoms with Crippen LogP contribution in [-0.4, -0.2) is 21.8 Å². The van der Waals surface area contributed by atoms with Crippen LogP contribution in [0.4, 0.5) is 5.69 Å². The summed E-state index contributed by atoms with van der Waals surface area (Å²) in [6.07, 6.45) is -0.811. The van der Waals surface area contributed by atoms with Gasteiger partial charge >= 0.3 is 0 Å². The van der Waals surface area contributed by atoms with Gasteiger partial charge in [-0.3, -0.25) is 9.59 Å². The number of carbonyl (C=O) groups is 1. The number of amides is 1. The lowest BCUT2D eigenvalue weighted by atomic mass is 10.1. The molecule has 0 bridgehead atoms. The van der Waals surface area contributed by atoms with Crippen molar-refractivity contribution in [3.05, 3.63) is 81.1 Å². The quantitative estimate of drug-likeness (QED) is 0.708. The van der Waals surface area contributed by atoms with E-state index in [1.54, 1.807) is 31.2 Å². The first-order chi connectivity index (χ1) is 13.3. The van der Waals surface area contributed by atoms with E-state index in [9.17, 15) is 9.59 Å². The molecule has 1 N–H and O–H groups in total. The van der Waals surface area contributed by atoms with Crippen LogP contribution in [0, 0.1) is 13.8 Å². The van der Waals surface area contributed by atoms with Gasteiger partial charge in [-0.25, -0.2) is 0 Å². The molecule has 0 saturated heterocycles. The molecule has 1 amide bonds. The van der Waals surface area contributed by atoms with Crippen LogP contribution >= 0.6 is 11.6 Å². The first-order valence-corrected chi connectivity index (χ1v) is 9.12. The van der Waals surface area contributed by atoms with Gasteiger partial charge in [-0.2, -0.15) is 4.68 Å². The Hall–Kier alpha value is -3.12. The fourth-order valence-electron chi connectivity index (χ4n) is 2.51. The second-order valence-corrected chi connectivity index (χ2v) is 6.88. The molecule has 28 heavy (non-hydrogen) atoms. The number of nitrogens with one attached hydrogen (secondary N) is 1. The standard InChI is InChI=1S/C21H20ClN3O3/c1-13-4-9-18(12-14(13)2)25-20(26)11-10-19(24-25)28-15(3)21(27)23-17-7-5-16(22)6-8-17/h4-12,15H,1-3H3,(H,23,27). The Morgan fingerprint density at radius 1 is 1.07 bits per heavy atom. The van der Waals surface area contributed by atoms with E-state index in [0.29, 0.717) is 16.4 Å². The number of hydrogen-bond donors (Lipinski definition) is 1. The Kier molecular flexibility index (Phi) is 5.80. The zero-order valence-electron chi connectivity index (χ0n) is 15.8. The molecule has 0 saturated carbocycles. The monoisotopic (exact) mass is 397 g/mol. The van der Waals surface area contributed by atoms with Crippen LogP contribution in [0.1, 0.15) is 18.1 Å². The van der Waals surface area contributed by atoms with Crippen molar-refractivity contribution >= 4 is 23.2 Å². The third-order valence-electron chi connectivity index (χ3n) is 4.29. The molecule has 2 aromatic carbocycles. The highest BCUT2D eigenvalue weighted by Crippen LogP contribution is 2.16. The van der Waals surface area contributed by atoms with E-state index in [4.69, 9.17) is 16.3 Å². The second-order valence-electron chi connectivity index (χ2n) is 6.45. The first kappa shape index (κ1) is 19.6. The number of aryl methyl sites for hydroxylation is 2. The number of nitrogens with zero attached hydrogens (tertiary/aromatic N) is 2. The fraction of sp³-hybridized carbons (Fsp3) is 0.190. The van der Waals surface area contributed by atoms with Gasteiger partial charge in [0.2, 0.25) is 5.88 Å². The molecule has 1 atom stereocenters. The zero-order chi connectivity index (χ0) is 20.3. The number of rotatable bonds is 5. The summed E-state index contributed by atoms with van der Waals surface area (Å²) in [5.41, 5.74) is 3.13. The minimum Gasteiger partial charge on any atom is -0.463 e. The molecular weight excluding hydrogens is 378 g/mol. The lowest BCUT2D eigenvalue weighted by Crippen LogP contribution is -2.31. The van der Waals surface area contributed by atoms with Crippen molar-refractivity contribution in [1.29, 1.82) is 0 Å². The minimum atomic E-state index is -0.811. The number of anilines is 1. The van der Waals surface area contributed by atoms with Gasteiger partial charge in [0.1, 0.15) is 0 Å². The first-order valence-electron chi connectivity index (χ1n) is 8.74. The van der Waals surface area contributed by atoms with Crippen molar-refractivity contribution in [1.82, 2.24) is 9.78 Å². The molecule has 1 aromatic heterocycles. The summed E-state index contributed by atoms with van der Waals surface area (Å²) in [5.74, 6) is -0.162. The maximum atomic E-state index is 12.3. The second kappa shape index (κ2) is 8.27. The molecule has 0 aliphatic carbocycles. The van der Waals surface area contributed by atoms with Crippen molar-refractivity contribution in [2.24, 2.45) is 0 Å². The van der Waals surface area contributed by atoms with Crippen LogP contribution in [0.15, 0.2) is 59.4 Å². The van der Waals surface area contributed by atoms with Crippen LogP contribution in [0.3, 0.4) is 0 Å². The summed E-state index contributed by atoms with van der Waals surface area (Å²) in [7, 11) is 0. The fourth-order valence-corrected chi connectivity index (χ4v) is 2.64. The number of ether oxygens (including phenoxy) is 1. The van der Waals surface area contributed by atoms with Gasteiger partial charge in [0.05, 0.1) is 5.69 Å². The molecule has 1 unspecified atom stereocenters. The summed E-state index contributed by atoms with van der Waals surface area (Å²) >= 11 is 5.84. The number of aromatic nitrogens is 2. The Labute approximate surface area is 167 Å². The van der Waals surface area contributed by atoms with E-state index in [0.717, 1.165) is 11.1 Å². The van der Waals surface area contributed by atoms with Crippen molar-refractivity contribution in [2.45, 2.75) is 26.9 Å². The molecule has 6 nitrogen and oxygen atoms in total. The van der Waals surface area contributed by atoms with E-state index in [1.165, 1.54) is 16.8 Å². The zero-order valence-corrected chi connectivity index (χ0v) is 16.5. The maximum Gasteiger partial charge on any atom is 0.271 e. The SMILES string of the molecule is Cc1ccc(-n2nc(OC(C)C(=O)Nc3ccc(Cl)cc3)ccc2=O)cc1C. The number of carbonyl (C=O) groups excluding carboxylic acids is 1. The van der Waals surface area contributed by atoms with Gasteiger partial charge in [-0.05, 0) is 68.3 Å². The summed E-state index contributed by atoms with van der Waals surface area (Å²) in [4.78, 5) is 24.6. The predicted octanol–water partition coefficient (Wildman–Crippen LogP) is 3.91. The minimum absolute atomic E-state index is 0.177. The Balaban J connectivity index is 1.76. The Morgan fingerprint density at radius 3 is 2.46 bits per heavy atom. The highest BCUT2D eigenvalue weighted by atomic mass is 35.5. The van der Waals surface area contributed by atoms with Crippen molar-refractivity contribution in [3.63, 3.8) is 0 Å². The molecule has 0 spiro atoms. The topological polar surface area (TPSA) is 73.2 Å². The van der Waals surface area contributed by atoms with Crippen molar-refractivity contribution in [3.8, 4) is 11.6 Å². The predicted molar refractivity (Wildman–Crippen MR) is 109 cm³/mol. The molecule has 7 heteroatoms. The van der Waals surface area contributed by atoms with Crippen LogP contribution in [-0.2, 0) is 4.79 Å². The van der Waals surface area contributed by atoms with Crippen molar-refractivity contribution < 1.29 is 9.53 Å². The van der Waals surface area contributed by atoms with E-state index >= 15 is 0 Å². The smallest absolute Gasteiger partial charge is 0.271 e. The van der Waals surface area contributed by atoms with Gasteiger partial charge in [-0.1, -0.05) is 17.7 Å². The largest absolute Gasteiger partial charge is 0.463 e. The third-order valence-corrected chi connectivity index (χ3v) is 4.54. The van der Waals surface area contributed by atoms with E-state index in [2.05, 4.69) is 10.4 Å². The lowest BCUT2D eigenvalue weighted by Gasteiger charge is -2.15. The molecule has 0 aliphatic heterocycles. The normalized spacial score (nSPS) is 11.7. The van der Waals surface area contributed by atoms with Gasteiger partial charge in [0.25, 0.3) is 11.5 Å². The third kappa shape index (κ3) is 4.58. The summed E-state index contributed by atoms with van der Waals surface area (Å²) < 4.78 is 6.89. The number of halogens is 1. The van der Waals surface area contributed by atoms with E-state index < -0.39 is 6.10 Å². The number of benzene rings is 2. The average molecular weight is 398 g/mol. The molecule has 144 valence electrons. The van der Waals surface area contributed by atoms with Crippen LogP contribution in [0.25, 0.3) is 5.69 Å². The highest BCUT2D eigenvalue weighted by Gasteiger charge is 2.16. The van der Waals surface area contributed by atoms with Crippen LogP contribution in [0.2, 0.25) is 5.02 Å². The Bertz CT molecular complexity index is 1060. The number of hydrogen-bond acceptors (Lipinski definition) is 4. The average Bonchev–Trinajstić information content (AvgIpc) is 2.67. The molecule has 3 aromatic rings. The maximum absolute atomic E-state index is 12.3. The molecule has 1 heterocycles. The molecule has 3 rings (SSSR count). The molecule has 0 radical (unpaired) electrons. The van der Waals surface area contributed by atoms with Crippen LogP contribution in [0.5, 0.6) is 5.88 Å². The van der Waals surface area contributed by atoms with Gasteiger partial charge in [-0.15, -0.1) is 5.10 Å². The molecule has 0 aliphatic rings. The summed E-state index contributed by atoms with van der Waals surface area (Å²) in [5, 5.41) is 7.56. The summed E-state index contributed by atoms with van der Waals surface area (Å²) in [6, 6.07) is 15.2. The van der Waals surface area contributed by atoms with Crippen LogP contribution < -0.4 is 15.6 Å². The molecular formula is C21H20ClN3O3. The van der Waals surface area contributed by atoms with Gasteiger partial charge in [0.15, 0.2) is 6.10 Å². The van der Waals surface area contributed by atoms with Gasteiger partial charge in [0, 0.05) is 22.8 Å². The van der Waals surface area contributed by atoms with E-state index in [-0.39, 0.29) is 17.3 Å². The Morgan fingerprint density at radius 2 is 1.79 bits per heavy atom. The highest BCUT2D eigenvalue weighted by molar-refractivity contribution is 6.30. The summed E-state index contributed by atoms with van der Waals surface area (Å²) in [6.45, 7) is 5.57. The van der Waals surface area contributed by atoms with Crippen molar-refractivity contribution in [2.75, 3.05) is 5.32 Å². The van der Waals surface area contributed by atoms with Gasteiger partial charge < -0.3 is 10.1 Å². The van der Waals surface area contributed by atoms with E-state index in [1.807, 2.05) is 32.0 Å². The lowest BCUT2D eigenvalue weighted by molar-refractivity contribution is -0.122.